The summed E-state index contributed by atoms with van der Waals surface area (Å²) in [4.78, 5) is 4.68. The van der Waals surface area contributed by atoms with Gasteiger partial charge >= 0.3 is 0 Å². The minimum absolute atomic E-state index is 0. The molecule has 1 aliphatic heterocycles. The van der Waals surface area contributed by atoms with Crippen LogP contribution in [0.5, 0.6) is 0 Å². The Balaban J connectivity index is 0.000000226. The predicted octanol–water partition coefficient (Wildman–Crippen LogP) is 4.82. The molecule has 1 atom stereocenters. The van der Waals surface area contributed by atoms with Crippen molar-refractivity contribution in [1.82, 2.24) is 14.8 Å². The Hall–Kier alpha value is -4.28. The van der Waals surface area contributed by atoms with E-state index >= 15 is 0 Å². The topological polar surface area (TPSA) is 209 Å². The van der Waals surface area contributed by atoms with Crippen LogP contribution in [0.4, 0.5) is 0 Å². The molecule has 5 aromatic rings. The fourth-order valence-corrected chi connectivity index (χ4v) is 5.68. The molecule has 1 aromatic heterocycles. The van der Waals surface area contributed by atoms with Crippen molar-refractivity contribution in [2.24, 2.45) is 10.7 Å². The second kappa shape index (κ2) is 16.2. The smallest absolute Gasteiger partial charge is 0.294 e. The van der Waals surface area contributed by atoms with Gasteiger partial charge in [-0.05, 0) is 63.2 Å². The molecule has 0 fully saturated rings. The van der Waals surface area contributed by atoms with Crippen LogP contribution in [0.1, 0.15) is 40.8 Å². The molecule has 12 nitrogen and oxygen atoms in total. The van der Waals surface area contributed by atoms with Crippen LogP contribution in [0.15, 0.2) is 112 Å². The first-order chi connectivity index (χ1) is 22.1. The molecule has 254 valence electrons. The van der Waals surface area contributed by atoms with Crippen molar-refractivity contribution in [3.8, 4) is 5.69 Å². The van der Waals surface area contributed by atoms with E-state index in [0.29, 0.717) is 18.0 Å². The lowest BCUT2D eigenvalue weighted by Gasteiger charge is -2.14. The number of hydrogen-bond donors (Lipinski definition) is 3. The zero-order chi connectivity index (χ0) is 34.4. The molecule has 0 bridgehead atoms. The van der Waals surface area contributed by atoms with Crippen LogP contribution >= 0.6 is 11.6 Å². The van der Waals surface area contributed by atoms with E-state index in [9.17, 15) is 16.8 Å². The maximum Gasteiger partial charge on any atom is 0.294 e. The Kier molecular flexibility index (Phi) is 12.9. The van der Waals surface area contributed by atoms with Gasteiger partial charge in [-0.1, -0.05) is 77.3 Å². The van der Waals surface area contributed by atoms with Crippen LogP contribution in [-0.4, -0.2) is 57.9 Å². The van der Waals surface area contributed by atoms with E-state index in [4.69, 9.17) is 31.4 Å². The average molecular weight is 714 g/mol. The van der Waals surface area contributed by atoms with E-state index < -0.39 is 20.2 Å². The third kappa shape index (κ3) is 10.1. The molecule has 1 aliphatic rings. The second-order valence-corrected chi connectivity index (χ2v) is 14.1. The van der Waals surface area contributed by atoms with Gasteiger partial charge in [-0.2, -0.15) is 16.8 Å². The number of hydrogen-bond acceptors (Lipinski definition) is 8. The standard InChI is InChI=1S/C19H18ClN5.2C7H8O3S.H2O/c1-12(21)9-17-23-24-18-11-22-19(13-5-3-2-4-6-13)15-10-14(20)7-8-16(15)25(17)18;2*1-6-2-4-7(5-3-6)11(8,9)10;/h2-8,10,12H,9,11,21H2,1H3;2*2-5H,1H3,(H,8,9,10);1H2. The summed E-state index contributed by atoms with van der Waals surface area (Å²) in [6.45, 7) is 6.11. The first kappa shape index (κ1) is 38.2. The Morgan fingerprint density at radius 3 is 1.81 bits per heavy atom. The van der Waals surface area contributed by atoms with E-state index in [1.807, 2.05) is 57.2 Å². The summed E-state index contributed by atoms with van der Waals surface area (Å²) in [5.41, 5.74) is 11.8. The summed E-state index contributed by atoms with van der Waals surface area (Å²) in [6.07, 6.45) is 0.649. The molecule has 0 aliphatic carbocycles. The van der Waals surface area contributed by atoms with Crippen molar-refractivity contribution in [3.05, 3.63) is 136 Å². The summed E-state index contributed by atoms with van der Waals surface area (Å²) in [7, 11) is -8.04. The van der Waals surface area contributed by atoms with E-state index in [1.165, 1.54) is 24.3 Å². The van der Waals surface area contributed by atoms with Crippen molar-refractivity contribution in [2.45, 2.75) is 49.6 Å². The molecular formula is C33H36ClN5O7S2. The van der Waals surface area contributed by atoms with Crippen LogP contribution in [0.2, 0.25) is 5.02 Å². The van der Waals surface area contributed by atoms with Crippen molar-refractivity contribution in [2.75, 3.05) is 0 Å². The predicted molar refractivity (Wildman–Crippen MR) is 185 cm³/mol. The van der Waals surface area contributed by atoms with Crippen LogP contribution in [-0.2, 0) is 33.2 Å². The molecule has 0 spiro atoms. The monoisotopic (exact) mass is 713 g/mol. The van der Waals surface area contributed by atoms with Gasteiger partial charge in [0.15, 0.2) is 5.82 Å². The zero-order valence-corrected chi connectivity index (χ0v) is 28.7. The van der Waals surface area contributed by atoms with Gasteiger partial charge in [0.1, 0.15) is 12.4 Å². The van der Waals surface area contributed by atoms with Gasteiger partial charge in [0.25, 0.3) is 20.2 Å². The van der Waals surface area contributed by atoms with Gasteiger partial charge < -0.3 is 11.2 Å². The third-order valence-corrected chi connectivity index (χ3v) is 8.79. The highest BCUT2D eigenvalue weighted by Crippen LogP contribution is 2.28. The quantitative estimate of drug-likeness (QED) is 0.213. The lowest BCUT2D eigenvalue weighted by molar-refractivity contribution is 0.481. The third-order valence-electron chi connectivity index (χ3n) is 6.82. The Morgan fingerprint density at radius 1 is 0.812 bits per heavy atom. The van der Waals surface area contributed by atoms with Crippen LogP contribution in [0.3, 0.4) is 0 Å². The lowest BCUT2D eigenvalue weighted by atomic mass is 10.0. The normalized spacial score (nSPS) is 12.7. The highest BCUT2D eigenvalue weighted by atomic mass is 35.5. The summed E-state index contributed by atoms with van der Waals surface area (Å²) in [6, 6.07) is 27.9. The number of aryl methyl sites for hydroxylation is 2. The van der Waals surface area contributed by atoms with Crippen molar-refractivity contribution in [1.29, 1.82) is 0 Å². The van der Waals surface area contributed by atoms with E-state index in [0.717, 1.165) is 45.3 Å². The second-order valence-electron chi connectivity index (χ2n) is 10.8. The van der Waals surface area contributed by atoms with Crippen molar-refractivity contribution >= 4 is 37.5 Å². The minimum atomic E-state index is -4.02. The van der Waals surface area contributed by atoms with Gasteiger partial charge in [0.2, 0.25) is 0 Å². The summed E-state index contributed by atoms with van der Waals surface area (Å²) < 4.78 is 61.2. The zero-order valence-electron chi connectivity index (χ0n) is 26.3. The van der Waals surface area contributed by atoms with Gasteiger partial charge in [-0.15, -0.1) is 10.2 Å². The Bertz CT molecular complexity index is 2010. The maximum absolute atomic E-state index is 10.5. The molecule has 0 saturated heterocycles. The fraction of sp³-hybridized carbons (Fsp3) is 0.182. The van der Waals surface area contributed by atoms with Crippen LogP contribution in [0, 0.1) is 13.8 Å². The highest BCUT2D eigenvalue weighted by Gasteiger charge is 2.23. The van der Waals surface area contributed by atoms with E-state index in [-0.39, 0.29) is 21.3 Å². The first-order valence-electron chi connectivity index (χ1n) is 14.3. The number of benzene rings is 4. The molecule has 4 aromatic carbocycles. The van der Waals surface area contributed by atoms with E-state index in [1.54, 1.807) is 24.3 Å². The highest BCUT2D eigenvalue weighted by molar-refractivity contribution is 7.86. The number of halogens is 1. The lowest BCUT2D eigenvalue weighted by Crippen LogP contribution is -2.21. The van der Waals surface area contributed by atoms with Crippen molar-refractivity contribution < 1.29 is 31.4 Å². The molecule has 0 radical (unpaired) electrons. The maximum atomic E-state index is 10.5. The number of aliphatic imine (C=N–C) groups is 1. The number of nitrogens with two attached hydrogens (primary N) is 1. The van der Waals surface area contributed by atoms with Gasteiger partial charge in [0.05, 0.1) is 21.2 Å². The van der Waals surface area contributed by atoms with Gasteiger partial charge in [-0.25, -0.2) is 0 Å². The van der Waals surface area contributed by atoms with E-state index in [2.05, 4.69) is 26.9 Å². The molecule has 1 unspecified atom stereocenters. The molecular weight excluding hydrogens is 678 g/mol. The number of nitrogens with zero attached hydrogens (tertiary/aromatic N) is 4. The SMILES string of the molecule is CC(N)Cc1nnc2n1-c1ccc(Cl)cc1C(c1ccccc1)=NC2.Cc1ccc(S(=O)(=O)O)cc1.Cc1ccc(S(=O)(=O)O)cc1.O. The largest absolute Gasteiger partial charge is 0.412 e. The van der Waals surface area contributed by atoms with Gasteiger partial charge in [0, 0.05) is 28.6 Å². The summed E-state index contributed by atoms with van der Waals surface area (Å²) >= 11 is 6.29. The number of fused-ring (bicyclic) bond motifs is 3. The summed E-state index contributed by atoms with van der Waals surface area (Å²) in [5.74, 6) is 1.66. The van der Waals surface area contributed by atoms with Crippen molar-refractivity contribution in [3.63, 3.8) is 0 Å². The molecule has 2 heterocycles. The average Bonchev–Trinajstić information content (AvgIpc) is 3.31. The minimum Gasteiger partial charge on any atom is -0.412 e. The van der Waals surface area contributed by atoms with Crippen LogP contribution < -0.4 is 5.73 Å². The molecule has 6 N–H and O–H groups in total. The molecule has 48 heavy (non-hydrogen) atoms. The number of rotatable bonds is 5. The van der Waals surface area contributed by atoms with Crippen LogP contribution in [0.25, 0.3) is 5.69 Å². The Morgan fingerprint density at radius 2 is 1.33 bits per heavy atom. The van der Waals surface area contributed by atoms with Gasteiger partial charge in [-0.3, -0.25) is 18.7 Å². The fourth-order valence-electron chi connectivity index (χ4n) is 4.55. The molecule has 0 amide bonds. The molecule has 15 heteroatoms. The number of aromatic nitrogens is 3. The first-order valence-corrected chi connectivity index (χ1v) is 17.6. The summed E-state index contributed by atoms with van der Waals surface area (Å²) in [5, 5.41) is 9.34. The Labute approximate surface area is 284 Å². The molecule has 0 saturated carbocycles. The molecule has 6 rings (SSSR count).